The van der Waals surface area contributed by atoms with Gasteiger partial charge in [0.1, 0.15) is 5.82 Å². The van der Waals surface area contributed by atoms with Gasteiger partial charge in [0.15, 0.2) is 0 Å². The van der Waals surface area contributed by atoms with Crippen LogP contribution in [0.2, 0.25) is 0 Å². The molecule has 1 heterocycles. The molecule has 0 spiro atoms. The van der Waals surface area contributed by atoms with Crippen LogP contribution < -0.4 is 0 Å². The van der Waals surface area contributed by atoms with Crippen LogP contribution in [0.15, 0.2) is 18.2 Å². The van der Waals surface area contributed by atoms with Gasteiger partial charge in [0.2, 0.25) is 0 Å². The molecule has 2 rings (SSSR count). The van der Waals surface area contributed by atoms with Crippen molar-refractivity contribution in [1.82, 2.24) is 0 Å². The lowest BCUT2D eigenvalue weighted by atomic mass is 10.0. The van der Waals surface area contributed by atoms with Crippen LogP contribution in [0.4, 0.5) is 17.6 Å². The van der Waals surface area contributed by atoms with E-state index >= 15 is 0 Å². The molecule has 0 radical (unpaired) electrons. The highest BCUT2D eigenvalue weighted by molar-refractivity contribution is 5.69. The molecule has 0 bridgehead atoms. The predicted molar refractivity (Wildman–Crippen MR) is 74.1 cm³/mol. The summed E-state index contributed by atoms with van der Waals surface area (Å²) in [4.78, 5) is 11.3. The van der Waals surface area contributed by atoms with Gasteiger partial charge in [0.05, 0.1) is 24.4 Å². The average molecular weight is 334 g/mol. The quantitative estimate of drug-likeness (QED) is 0.591. The lowest BCUT2D eigenvalue weighted by Gasteiger charge is -2.17. The number of ether oxygens (including phenoxy) is 2. The monoisotopic (exact) mass is 334 g/mol. The number of hydrogen-bond acceptors (Lipinski definition) is 3. The summed E-state index contributed by atoms with van der Waals surface area (Å²) in [5, 5.41) is 0. The molecule has 0 saturated carbocycles. The first kappa shape index (κ1) is 17.7. The molecule has 1 aromatic carbocycles. The van der Waals surface area contributed by atoms with E-state index in [-0.39, 0.29) is 24.1 Å². The average Bonchev–Trinajstić information content (AvgIpc) is 2.93. The van der Waals surface area contributed by atoms with E-state index < -0.39 is 23.7 Å². The molecule has 2 atom stereocenters. The van der Waals surface area contributed by atoms with Gasteiger partial charge in [0, 0.05) is 12.0 Å². The van der Waals surface area contributed by atoms with Crippen LogP contribution in [0, 0.1) is 5.82 Å². The van der Waals surface area contributed by atoms with E-state index in [1.165, 1.54) is 12.1 Å². The van der Waals surface area contributed by atoms with Gasteiger partial charge >= 0.3 is 12.1 Å². The van der Waals surface area contributed by atoms with Gasteiger partial charge in [-0.05, 0) is 32.3 Å². The minimum atomic E-state index is -4.73. The summed E-state index contributed by atoms with van der Waals surface area (Å²) in [7, 11) is 0. The second-order valence-corrected chi connectivity index (χ2v) is 5.37. The van der Waals surface area contributed by atoms with Gasteiger partial charge in [-0.1, -0.05) is 12.1 Å². The minimum absolute atomic E-state index is 0.0848. The molecule has 3 nitrogen and oxygen atoms in total. The Morgan fingerprint density at radius 3 is 2.74 bits per heavy atom. The molecular formula is C16H18F4O3. The molecule has 7 heteroatoms. The second-order valence-electron chi connectivity index (χ2n) is 5.37. The van der Waals surface area contributed by atoms with Crippen molar-refractivity contribution >= 4 is 5.97 Å². The predicted octanol–water partition coefficient (Wildman–Crippen LogP) is 4.41. The molecule has 1 aromatic rings. The normalized spacial score (nSPS) is 21.4. The highest BCUT2D eigenvalue weighted by Crippen LogP contribution is 2.39. The molecule has 2 unspecified atom stereocenters. The Balaban J connectivity index is 2.01. The molecule has 1 saturated heterocycles. The van der Waals surface area contributed by atoms with Gasteiger partial charge in [-0.3, -0.25) is 4.79 Å². The van der Waals surface area contributed by atoms with Crippen molar-refractivity contribution in [1.29, 1.82) is 0 Å². The maximum absolute atomic E-state index is 14.1. The van der Waals surface area contributed by atoms with Crippen molar-refractivity contribution in [2.45, 2.75) is 51.0 Å². The van der Waals surface area contributed by atoms with Crippen LogP contribution in [0.25, 0.3) is 0 Å². The largest absolute Gasteiger partial charge is 0.466 e. The number of halogens is 4. The second kappa shape index (κ2) is 7.29. The maximum Gasteiger partial charge on any atom is 0.419 e. The fourth-order valence-electron chi connectivity index (χ4n) is 2.68. The SMILES string of the molecule is CCOC(=O)CCC1CCC(c2cccc(C(F)(F)F)c2F)O1. The summed E-state index contributed by atoms with van der Waals surface area (Å²) < 4.78 is 62.7. The lowest BCUT2D eigenvalue weighted by Crippen LogP contribution is -2.13. The first-order valence-electron chi connectivity index (χ1n) is 7.49. The number of rotatable bonds is 5. The first-order valence-corrected chi connectivity index (χ1v) is 7.49. The van der Waals surface area contributed by atoms with E-state index in [1.807, 2.05) is 0 Å². The van der Waals surface area contributed by atoms with Crippen LogP contribution in [0.1, 0.15) is 49.8 Å². The molecule has 0 amide bonds. The molecule has 23 heavy (non-hydrogen) atoms. The Morgan fingerprint density at radius 1 is 1.35 bits per heavy atom. The summed E-state index contributed by atoms with van der Waals surface area (Å²) in [5.74, 6) is -1.62. The van der Waals surface area contributed by atoms with Gasteiger partial charge in [-0.15, -0.1) is 0 Å². The Bertz CT molecular complexity index is 557. The molecular weight excluding hydrogens is 316 g/mol. The first-order chi connectivity index (χ1) is 10.8. The Hall–Kier alpha value is -1.63. The number of carbonyl (C=O) groups excluding carboxylic acids is 1. The Morgan fingerprint density at radius 2 is 2.09 bits per heavy atom. The molecule has 0 aliphatic carbocycles. The highest BCUT2D eigenvalue weighted by Gasteiger charge is 2.37. The van der Waals surface area contributed by atoms with Gasteiger partial charge in [-0.2, -0.15) is 13.2 Å². The van der Waals surface area contributed by atoms with Crippen molar-refractivity contribution in [2.75, 3.05) is 6.61 Å². The van der Waals surface area contributed by atoms with Crippen LogP contribution in [-0.4, -0.2) is 18.7 Å². The fourth-order valence-corrected chi connectivity index (χ4v) is 2.68. The highest BCUT2D eigenvalue weighted by atomic mass is 19.4. The number of hydrogen-bond donors (Lipinski definition) is 0. The third-order valence-electron chi connectivity index (χ3n) is 3.76. The zero-order valence-corrected chi connectivity index (χ0v) is 12.7. The van der Waals surface area contributed by atoms with Crippen LogP contribution in [0.5, 0.6) is 0 Å². The summed E-state index contributed by atoms with van der Waals surface area (Å²) >= 11 is 0. The molecule has 1 fully saturated rings. The number of carbonyl (C=O) groups is 1. The molecule has 0 N–H and O–H groups in total. The third-order valence-corrected chi connectivity index (χ3v) is 3.76. The molecule has 0 aromatic heterocycles. The van der Waals surface area contributed by atoms with Crippen molar-refractivity contribution < 1.29 is 31.8 Å². The minimum Gasteiger partial charge on any atom is -0.466 e. The van der Waals surface area contributed by atoms with Crippen molar-refractivity contribution in [3.05, 3.63) is 35.1 Å². The van der Waals surface area contributed by atoms with Gasteiger partial charge in [0.25, 0.3) is 0 Å². The van der Waals surface area contributed by atoms with E-state index in [0.717, 1.165) is 0 Å². The summed E-state index contributed by atoms with van der Waals surface area (Å²) in [6, 6.07) is 3.20. The van der Waals surface area contributed by atoms with E-state index in [1.54, 1.807) is 6.92 Å². The zero-order valence-electron chi connectivity index (χ0n) is 12.7. The zero-order chi connectivity index (χ0) is 17.0. The van der Waals surface area contributed by atoms with Crippen molar-refractivity contribution in [3.63, 3.8) is 0 Å². The molecule has 1 aliphatic heterocycles. The molecule has 128 valence electrons. The fraction of sp³-hybridized carbons (Fsp3) is 0.562. The van der Waals surface area contributed by atoms with Crippen LogP contribution in [0.3, 0.4) is 0 Å². The Labute approximate surface area is 131 Å². The topological polar surface area (TPSA) is 35.5 Å². The lowest BCUT2D eigenvalue weighted by molar-refractivity contribution is -0.144. The third kappa shape index (κ3) is 4.43. The van der Waals surface area contributed by atoms with E-state index in [2.05, 4.69) is 0 Å². The van der Waals surface area contributed by atoms with E-state index in [4.69, 9.17) is 9.47 Å². The van der Waals surface area contributed by atoms with E-state index in [9.17, 15) is 22.4 Å². The van der Waals surface area contributed by atoms with E-state index in [0.29, 0.717) is 31.9 Å². The smallest absolute Gasteiger partial charge is 0.419 e. The summed E-state index contributed by atoms with van der Waals surface area (Å²) in [5.41, 5.74) is -1.37. The van der Waals surface area contributed by atoms with Crippen LogP contribution in [-0.2, 0) is 20.4 Å². The molecule has 1 aliphatic rings. The summed E-state index contributed by atoms with van der Waals surface area (Å²) in [6.45, 7) is 2.00. The van der Waals surface area contributed by atoms with Crippen molar-refractivity contribution in [2.24, 2.45) is 0 Å². The maximum atomic E-state index is 14.1. The Kier molecular flexibility index (Phi) is 5.62. The number of benzene rings is 1. The van der Waals surface area contributed by atoms with Gasteiger partial charge in [-0.25, -0.2) is 4.39 Å². The van der Waals surface area contributed by atoms with Gasteiger partial charge < -0.3 is 9.47 Å². The van der Waals surface area contributed by atoms with Crippen molar-refractivity contribution in [3.8, 4) is 0 Å². The number of alkyl halides is 3. The standard InChI is InChI=1S/C16H18F4O3/c1-2-22-14(21)9-7-10-6-8-13(23-10)11-4-3-5-12(15(11)17)16(18,19)20/h3-5,10,13H,2,6-9H2,1H3. The summed E-state index contributed by atoms with van der Waals surface area (Å²) in [6.07, 6.45) is -4.15. The number of esters is 1. The van der Waals surface area contributed by atoms with Crippen LogP contribution >= 0.6 is 0 Å².